The maximum Gasteiger partial charge on any atom is 0.254 e. The number of H-pyrrole nitrogens is 1. The summed E-state index contributed by atoms with van der Waals surface area (Å²) in [5, 5.41) is 0.774. The predicted molar refractivity (Wildman–Crippen MR) is 110 cm³/mol. The molecule has 1 N–H and O–H groups in total. The summed E-state index contributed by atoms with van der Waals surface area (Å²) in [7, 11) is 0. The van der Waals surface area contributed by atoms with Crippen molar-refractivity contribution in [1.82, 2.24) is 9.88 Å². The van der Waals surface area contributed by atoms with Gasteiger partial charge in [0.15, 0.2) is 0 Å². The van der Waals surface area contributed by atoms with Crippen LogP contribution in [0.3, 0.4) is 0 Å². The van der Waals surface area contributed by atoms with Crippen molar-refractivity contribution in [2.45, 2.75) is 6.92 Å². The van der Waals surface area contributed by atoms with Gasteiger partial charge in [0, 0.05) is 43.1 Å². The van der Waals surface area contributed by atoms with Crippen LogP contribution >= 0.6 is 0 Å². The van der Waals surface area contributed by atoms with Gasteiger partial charge in [0.25, 0.3) is 5.91 Å². The molecule has 0 spiro atoms. The molecule has 0 atom stereocenters. The van der Waals surface area contributed by atoms with Crippen molar-refractivity contribution in [3.8, 4) is 5.75 Å². The quantitative estimate of drug-likeness (QED) is 0.759. The maximum atomic E-state index is 13.1. The van der Waals surface area contributed by atoms with Crippen molar-refractivity contribution in [2.24, 2.45) is 0 Å². The van der Waals surface area contributed by atoms with Gasteiger partial charge in [-0.3, -0.25) is 9.59 Å². The van der Waals surface area contributed by atoms with Crippen molar-refractivity contribution in [2.75, 3.05) is 37.7 Å². The normalized spacial score (nSPS) is 14.3. The van der Waals surface area contributed by atoms with Crippen molar-refractivity contribution < 1.29 is 9.53 Å². The van der Waals surface area contributed by atoms with Gasteiger partial charge in [-0.2, -0.15) is 0 Å². The van der Waals surface area contributed by atoms with E-state index in [4.69, 9.17) is 4.74 Å². The Morgan fingerprint density at radius 3 is 2.54 bits per heavy atom. The molecule has 1 amide bonds. The van der Waals surface area contributed by atoms with Crippen LogP contribution < -0.4 is 15.2 Å². The number of aromatic amines is 1. The van der Waals surface area contributed by atoms with Crippen molar-refractivity contribution in [3.63, 3.8) is 0 Å². The van der Waals surface area contributed by atoms with E-state index in [0.29, 0.717) is 30.8 Å². The number of hydrogen-bond donors (Lipinski definition) is 1. The van der Waals surface area contributed by atoms with Crippen LogP contribution in [0.15, 0.2) is 59.4 Å². The molecular formula is C22H23N3O3. The number of carbonyl (C=O) groups excluding carboxylic acids is 1. The van der Waals surface area contributed by atoms with Gasteiger partial charge in [-0.25, -0.2) is 0 Å². The highest BCUT2D eigenvalue weighted by Crippen LogP contribution is 2.29. The minimum atomic E-state index is -0.258. The molecule has 1 aliphatic heterocycles. The van der Waals surface area contributed by atoms with E-state index in [2.05, 4.69) is 9.88 Å². The largest absolute Gasteiger partial charge is 0.492 e. The first kappa shape index (κ1) is 18.1. The minimum absolute atomic E-state index is 0.0972. The van der Waals surface area contributed by atoms with Gasteiger partial charge in [-0.1, -0.05) is 30.3 Å². The lowest BCUT2D eigenvalue weighted by atomic mass is 10.1. The molecule has 2 aromatic carbocycles. The average molecular weight is 377 g/mol. The number of fused-ring (bicyclic) bond motifs is 1. The molecule has 1 aromatic heterocycles. The van der Waals surface area contributed by atoms with E-state index in [9.17, 15) is 9.59 Å². The standard InChI is InChI=1S/C22H23N3O3/c1-2-28-20-10-6-5-9-19(20)24-11-13-25(14-12-24)22(27)17-15-21(26)23-18-8-4-3-7-16(17)18/h3-10,15H,2,11-14H2,1H3,(H,23,26). The summed E-state index contributed by atoms with van der Waals surface area (Å²) in [6, 6.07) is 16.8. The molecule has 0 bridgehead atoms. The van der Waals surface area contributed by atoms with Crippen LogP contribution in [0.4, 0.5) is 5.69 Å². The highest BCUT2D eigenvalue weighted by Gasteiger charge is 2.25. The Labute approximate surface area is 163 Å². The molecular weight excluding hydrogens is 354 g/mol. The molecule has 6 nitrogen and oxygen atoms in total. The Bertz CT molecular complexity index is 1050. The summed E-state index contributed by atoms with van der Waals surface area (Å²) < 4.78 is 5.73. The van der Waals surface area contributed by atoms with E-state index in [-0.39, 0.29) is 11.5 Å². The number of anilines is 1. The zero-order valence-electron chi connectivity index (χ0n) is 15.9. The monoisotopic (exact) mass is 377 g/mol. The Kier molecular flexibility index (Phi) is 5.02. The molecule has 0 radical (unpaired) electrons. The van der Waals surface area contributed by atoms with E-state index in [1.165, 1.54) is 6.07 Å². The van der Waals surface area contributed by atoms with Crippen molar-refractivity contribution in [1.29, 1.82) is 0 Å². The van der Waals surface area contributed by atoms with Crippen LogP contribution in [-0.2, 0) is 0 Å². The van der Waals surface area contributed by atoms with Gasteiger partial charge in [-0.15, -0.1) is 0 Å². The van der Waals surface area contributed by atoms with Crippen LogP contribution in [0.5, 0.6) is 5.75 Å². The Hall–Kier alpha value is -3.28. The predicted octanol–water partition coefficient (Wildman–Crippen LogP) is 2.89. The molecule has 3 aromatic rings. The van der Waals surface area contributed by atoms with Crippen LogP contribution in [0.25, 0.3) is 10.9 Å². The lowest BCUT2D eigenvalue weighted by Gasteiger charge is -2.36. The zero-order chi connectivity index (χ0) is 19.5. The number of benzene rings is 2. The molecule has 6 heteroatoms. The Morgan fingerprint density at radius 1 is 1.04 bits per heavy atom. The summed E-state index contributed by atoms with van der Waals surface area (Å²) in [5.41, 5.74) is 1.94. The second kappa shape index (κ2) is 7.76. The van der Waals surface area contributed by atoms with Crippen molar-refractivity contribution in [3.05, 3.63) is 70.5 Å². The zero-order valence-corrected chi connectivity index (χ0v) is 15.9. The highest BCUT2D eigenvalue weighted by molar-refractivity contribution is 6.06. The van der Waals surface area contributed by atoms with Gasteiger partial charge >= 0.3 is 0 Å². The van der Waals surface area contributed by atoms with Gasteiger partial charge in [0.05, 0.1) is 17.9 Å². The topological polar surface area (TPSA) is 65.6 Å². The van der Waals surface area contributed by atoms with Crippen LogP contribution in [-0.4, -0.2) is 48.6 Å². The van der Waals surface area contributed by atoms with Crippen LogP contribution in [0, 0.1) is 0 Å². The van der Waals surface area contributed by atoms with Crippen LogP contribution in [0.1, 0.15) is 17.3 Å². The Morgan fingerprint density at radius 2 is 1.75 bits per heavy atom. The summed E-state index contributed by atoms with van der Waals surface area (Å²) in [6.45, 7) is 5.22. The summed E-state index contributed by atoms with van der Waals surface area (Å²) >= 11 is 0. The summed E-state index contributed by atoms with van der Waals surface area (Å²) in [6.07, 6.45) is 0. The fraction of sp³-hybridized carbons (Fsp3) is 0.273. The molecule has 2 heterocycles. The van der Waals surface area contributed by atoms with Gasteiger partial charge in [0.1, 0.15) is 5.75 Å². The minimum Gasteiger partial charge on any atom is -0.492 e. The van der Waals surface area contributed by atoms with E-state index in [1.807, 2.05) is 60.4 Å². The van der Waals surface area contributed by atoms with Crippen LogP contribution in [0.2, 0.25) is 0 Å². The molecule has 144 valence electrons. The summed E-state index contributed by atoms with van der Waals surface area (Å²) in [4.78, 5) is 31.9. The second-order valence-corrected chi connectivity index (χ2v) is 6.77. The van der Waals surface area contributed by atoms with E-state index in [1.54, 1.807) is 0 Å². The first-order valence-corrected chi connectivity index (χ1v) is 9.55. The molecule has 4 rings (SSSR count). The number of para-hydroxylation sites is 3. The lowest BCUT2D eigenvalue weighted by Crippen LogP contribution is -2.49. The number of aromatic nitrogens is 1. The molecule has 0 unspecified atom stereocenters. The van der Waals surface area contributed by atoms with E-state index >= 15 is 0 Å². The number of ether oxygens (including phenoxy) is 1. The SMILES string of the molecule is CCOc1ccccc1N1CCN(C(=O)c2cc(=O)[nH]c3ccccc23)CC1. The third-order valence-corrected chi connectivity index (χ3v) is 5.05. The van der Waals surface area contributed by atoms with E-state index in [0.717, 1.165) is 29.9 Å². The maximum absolute atomic E-state index is 13.1. The molecule has 1 saturated heterocycles. The molecule has 28 heavy (non-hydrogen) atoms. The second-order valence-electron chi connectivity index (χ2n) is 6.77. The first-order valence-electron chi connectivity index (χ1n) is 9.55. The third kappa shape index (κ3) is 3.45. The average Bonchev–Trinajstić information content (AvgIpc) is 2.73. The lowest BCUT2D eigenvalue weighted by molar-refractivity contribution is 0.0748. The highest BCUT2D eigenvalue weighted by atomic mass is 16.5. The number of nitrogens with one attached hydrogen (secondary N) is 1. The fourth-order valence-electron chi connectivity index (χ4n) is 3.70. The number of carbonyl (C=O) groups is 1. The molecule has 0 saturated carbocycles. The number of rotatable bonds is 4. The number of pyridine rings is 1. The summed E-state index contributed by atoms with van der Waals surface area (Å²) in [5.74, 6) is 0.769. The molecule has 1 fully saturated rings. The smallest absolute Gasteiger partial charge is 0.254 e. The number of amides is 1. The Balaban J connectivity index is 1.53. The van der Waals surface area contributed by atoms with E-state index < -0.39 is 0 Å². The van der Waals surface area contributed by atoms with Gasteiger partial charge in [0.2, 0.25) is 5.56 Å². The first-order chi connectivity index (χ1) is 13.7. The molecule has 0 aliphatic carbocycles. The van der Waals surface area contributed by atoms with Gasteiger partial charge < -0.3 is 19.5 Å². The number of piperazine rings is 1. The number of nitrogens with zero attached hydrogens (tertiary/aromatic N) is 2. The third-order valence-electron chi connectivity index (χ3n) is 5.05. The number of hydrogen-bond acceptors (Lipinski definition) is 4. The molecule has 1 aliphatic rings. The van der Waals surface area contributed by atoms with Crippen molar-refractivity contribution >= 4 is 22.5 Å². The fourth-order valence-corrected chi connectivity index (χ4v) is 3.70. The van der Waals surface area contributed by atoms with Gasteiger partial charge in [-0.05, 0) is 25.1 Å².